The first-order valence-electron chi connectivity index (χ1n) is 9.95. The lowest BCUT2D eigenvalue weighted by molar-refractivity contribution is -0.139. The third-order valence-electron chi connectivity index (χ3n) is 5.74. The summed E-state index contributed by atoms with van der Waals surface area (Å²) in [5.41, 5.74) is 1.22. The van der Waals surface area contributed by atoms with Crippen LogP contribution in [0.3, 0.4) is 0 Å². The van der Waals surface area contributed by atoms with Crippen molar-refractivity contribution in [1.82, 2.24) is 19.6 Å². The Morgan fingerprint density at radius 2 is 1.50 bits per heavy atom. The van der Waals surface area contributed by atoms with Crippen LogP contribution in [0.25, 0.3) is 0 Å². The normalized spacial score (nSPS) is 20.5. The summed E-state index contributed by atoms with van der Waals surface area (Å²) in [6.45, 7) is 9.48. The molecule has 0 saturated carbocycles. The van der Waals surface area contributed by atoms with Crippen LogP contribution in [0.2, 0.25) is 0 Å². The fourth-order valence-electron chi connectivity index (χ4n) is 3.97. The molecule has 2 saturated heterocycles. The maximum Gasteiger partial charge on any atom is 0.236 e. The van der Waals surface area contributed by atoms with E-state index in [1.807, 2.05) is 11.0 Å². The largest absolute Gasteiger partial charge is 0.454 e. The van der Waals surface area contributed by atoms with Crippen LogP contribution < -0.4 is 9.47 Å². The highest BCUT2D eigenvalue weighted by atomic mass is 16.7. The second-order valence-electron chi connectivity index (χ2n) is 7.63. The number of rotatable bonds is 4. The lowest BCUT2D eigenvalue weighted by atomic mass is 10.1. The molecule has 0 aromatic heterocycles. The highest BCUT2D eigenvalue weighted by molar-refractivity contribution is 5.79. The van der Waals surface area contributed by atoms with E-state index in [-0.39, 0.29) is 11.8 Å². The molecule has 0 bridgehead atoms. The third kappa shape index (κ3) is 4.39. The number of hydrogen-bond donors (Lipinski definition) is 0. The van der Waals surface area contributed by atoms with Crippen LogP contribution in [0.1, 0.15) is 12.5 Å². The van der Waals surface area contributed by atoms with E-state index in [1.165, 1.54) is 5.56 Å². The van der Waals surface area contributed by atoms with Gasteiger partial charge in [0.25, 0.3) is 0 Å². The molecule has 1 aromatic carbocycles. The molecule has 8 heteroatoms. The topological polar surface area (TPSA) is 65.6 Å². The van der Waals surface area contributed by atoms with E-state index in [9.17, 15) is 9.59 Å². The van der Waals surface area contributed by atoms with Gasteiger partial charge in [-0.2, -0.15) is 0 Å². The number of ether oxygens (including phenoxy) is 2. The monoisotopic (exact) mass is 388 g/mol. The molecule has 0 spiro atoms. The summed E-state index contributed by atoms with van der Waals surface area (Å²) in [5.74, 6) is 1.90. The third-order valence-corrected chi connectivity index (χ3v) is 5.74. The Bertz CT molecular complexity index is 725. The van der Waals surface area contributed by atoms with E-state index in [0.717, 1.165) is 44.2 Å². The van der Waals surface area contributed by atoms with Gasteiger partial charge in [0, 0.05) is 65.8 Å². The molecule has 2 amide bonds. The Hall–Kier alpha value is -2.32. The number of carbonyl (C=O) groups is 2. The van der Waals surface area contributed by atoms with Crippen molar-refractivity contribution in [3.8, 4) is 11.5 Å². The van der Waals surface area contributed by atoms with E-state index in [2.05, 4.69) is 21.9 Å². The molecule has 0 aliphatic carbocycles. The molecular formula is C20H28N4O4. The highest BCUT2D eigenvalue weighted by Crippen LogP contribution is 2.32. The molecule has 0 atom stereocenters. The second kappa shape index (κ2) is 8.36. The van der Waals surface area contributed by atoms with Crippen molar-refractivity contribution in [2.24, 2.45) is 0 Å². The SMILES string of the molecule is CC(=O)N1CCN(C(=O)CN2CCN(Cc3ccc4c(c3)OCO4)CC2)CC1. The molecule has 4 rings (SSSR count). The first-order chi connectivity index (χ1) is 13.6. The van der Waals surface area contributed by atoms with Crippen molar-refractivity contribution in [2.45, 2.75) is 13.5 Å². The van der Waals surface area contributed by atoms with E-state index >= 15 is 0 Å². The molecule has 2 fully saturated rings. The number of piperazine rings is 2. The van der Waals surface area contributed by atoms with Crippen molar-refractivity contribution in [2.75, 3.05) is 65.7 Å². The summed E-state index contributed by atoms with van der Waals surface area (Å²) in [6.07, 6.45) is 0. The summed E-state index contributed by atoms with van der Waals surface area (Å²) in [7, 11) is 0. The molecule has 1 aromatic rings. The van der Waals surface area contributed by atoms with Crippen LogP contribution in [0.4, 0.5) is 0 Å². The first-order valence-corrected chi connectivity index (χ1v) is 9.95. The summed E-state index contributed by atoms with van der Waals surface area (Å²) in [5, 5.41) is 0. The standard InChI is InChI=1S/C20H28N4O4/c1-16(25)23-8-10-24(11-9-23)20(26)14-22-6-4-21(5-7-22)13-17-2-3-18-19(12-17)28-15-27-18/h2-3,12H,4-11,13-15H2,1H3. The van der Waals surface area contributed by atoms with Gasteiger partial charge in [-0.15, -0.1) is 0 Å². The molecule has 3 heterocycles. The fraction of sp³-hybridized carbons (Fsp3) is 0.600. The highest BCUT2D eigenvalue weighted by Gasteiger charge is 2.25. The average Bonchev–Trinajstić information content (AvgIpc) is 3.17. The maximum absolute atomic E-state index is 12.6. The molecule has 3 aliphatic heterocycles. The van der Waals surface area contributed by atoms with E-state index in [0.29, 0.717) is 39.5 Å². The zero-order valence-corrected chi connectivity index (χ0v) is 16.4. The zero-order valence-electron chi connectivity index (χ0n) is 16.4. The van der Waals surface area contributed by atoms with Crippen molar-refractivity contribution < 1.29 is 19.1 Å². The van der Waals surface area contributed by atoms with Gasteiger partial charge in [-0.1, -0.05) is 6.07 Å². The van der Waals surface area contributed by atoms with E-state index < -0.39 is 0 Å². The minimum Gasteiger partial charge on any atom is -0.454 e. The number of nitrogens with zero attached hydrogens (tertiary/aromatic N) is 4. The van der Waals surface area contributed by atoms with E-state index in [4.69, 9.17) is 9.47 Å². The predicted octanol–water partition coefficient (Wildman–Crippen LogP) is 0.224. The van der Waals surface area contributed by atoms with Crippen molar-refractivity contribution >= 4 is 11.8 Å². The van der Waals surface area contributed by atoms with Crippen LogP contribution in [-0.2, 0) is 16.1 Å². The molecule has 28 heavy (non-hydrogen) atoms. The van der Waals surface area contributed by atoms with Gasteiger partial charge in [-0.25, -0.2) is 0 Å². The quantitative estimate of drug-likeness (QED) is 0.736. The van der Waals surface area contributed by atoms with Crippen molar-refractivity contribution in [3.05, 3.63) is 23.8 Å². The lowest BCUT2D eigenvalue weighted by Crippen LogP contribution is -2.54. The van der Waals surface area contributed by atoms with E-state index in [1.54, 1.807) is 11.8 Å². The molecular weight excluding hydrogens is 360 g/mol. The Balaban J connectivity index is 1.20. The fourth-order valence-corrected chi connectivity index (χ4v) is 3.97. The summed E-state index contributed by atoms with van der Waals surface area (Å²) < 4.78 is 10.8. The van der Waals surface area contributed by atoms with Crippen LogP contribution in [-0.4, -0.2) is 97.1 Å². The number of fused-ring (bicyclic) bond motifs is 1. The number of hydrogen-bond acceptors (Lipinski definition) is 6. The first kappa shape index (κ1) is 19.0. The number of benzene rings is 1. The summed E-state index contributed by atoms with van der Waals surface area (Å²) in [6, 6.07) is 6.11. The minimum atomic E-state index is 0.0886. The van der Waals surface area contributed by atoms with Crippen LogP contribution in [0.15, 0.2) is 18.2 Å². The zero-order chi connectivity index (χ0) is 19.5. The number of amides is 2. The van der Waals surface area contributed by atoms with Gasteiger partial charge in [0.2, 0.25) is 18.6 Å². The Labute approximate surface area is 165 Å². The molecule has 152 valence electrons. The summed E-state index contributed by atoms with van der Waals surface area (Å²) >= 11 is 0. The molecule has 0 unspecified atom stereocenters. The Morgan fingerprint density at radius 3 is 2.21 bits per heavy atom. The van der Waals surface area contributed by atoms with Crippen molar-refractivity contribution in [3.63, 3.8) is 0 Å². The van der Waals surface area contributed by atoms with Gasteiger partial charge in [-0.3, -0.25) is 19.4 Å². The molecule has 0 radical (unpaired) electrons. The second-order valence-corrected chi connectivity index (χ2v) is 7.63. The van der Waals surface area contributed by atoms with Gasteiger partial charge < -0.3 is 19.3 Å². The predicted molar refractivity (Wildman–Crippen MR) is 103 cm³/mol. The Kier molecular flexibility index (Phi) is 5.68. The molecule has 0 N–H and O–H groups in total. The lowest BCUT2D eigenvalue weighted by Gasteiger charge is -2.37. The van der Waals surface area contributed by atoms with Gasteiger partial charge in [0.1, 0.15) is 0 Å². The Morgan fingerprint density at radius 1 is 0.857 bits per heavy atom. The van der Waals surface area contributed by atoms with Crippen LogP contribution >= 0.6 is 0 Å². The smallest absolute Gasteiger partial charge is 0.236 e. The molecule has 8 nitrogen and oxygen atoms in total. The van der Waals surface area contributed by atoms with Gasteiger partial charge in [-0.05, 0) is 17.7 Å². The minimum absolute atomic E-state index is 0.0886. The molecule has 3 aliphatic rings. The van der Waals surface area contributed by atoms with Crippen LogP contribution in [0.5, 0.6) is 11.5 Å². The average molecular weight is 388 g/mol. The summed E-state index contributed by atoms with van der Waals surface area (Å²) in [4.78, 5) is 32.3. The van der Waals surface area contributed by atoms with Crippen LogP contribution in [0, 0.1) is 0 Å². The van der Waals surface area contributed by atoms with Crippen molar-refractivity contribution in [1.29, 1.82) is 0 Å². The maximum atomic E-state index is 12.6. The van der Waals surface area contributed by atoms with Gasteiger partial charge in [0.15, 0.2) is 11.5 Å². The number of carbonyl (C=O) groups excluding carboxylic acids is 2. The van der Waals surface area contributed by atoms with Gasteiger partial charge >= 0.3 is 0 Å². The van der Waals surface area contributed by atoms with Gasteiger partial charge in [0.05, 0.1) is 6.54 Å².